The Balaban J connectivity index is 1.11. The van der Waals surface area contributed by atoms with Crippen molar-refractivity contribution in [3.05, 3.63) is 115 Å². The third kappa shape index (κ3) is 14.1. The van der Waals surface area contributed by atoms with Crippen molar-refractivity contribution >= 4 is 24.4 Å². The lowest BCUT2D eigenvalue weighted by Gasteiger charge is -2.34. The van der Waals surface area contributed by atoms with E-state index in [0.29, 0.717) is 202 Å². The molecule has 4 N–H and O–H groups in total. The van der Waals surface area contributed by atoms with Crippen molar-refractivity contribution in [3.63, 3.8) is 0 Å². The van der Waals surface area contributed by atoms with Gasteiger partial charge in [0.25, 0.3) is 0 Å². The van der Waals surface area contributed by atoms with E-state index in [9.17, 15) is 39.6 Å². The number of piperazine rings is 4. The minimum atomic E-state index is -0.327. The molecular formula is C60H80N8O12. The number of phenols is 4. The molecule has 8 bridgehead atoms. The Kier molecular flexibility index (Phi) is 19.1. The fourth-order valence-corrected chi connectivity index (χ4v) is 11.8. The maximum Gasteiger partial charge on any atom is 0.409 e. The van der Waals surface area contributed by atoms with Crippen LogP contribution in [0, 0.1) is 0 Å². The molecule has 4 fully saturated rings. The van der Waals surface area contributed by atoms with Crippen LogP contribution in [-0.4, -0.2) is 215 Å². The number of nitrogens with zero attached hydrogens (tertiary/aromatic N) is 8. The van der Waals surface area contributed by atoms with Crippen molar-refractivity contribution in [1.29, 1.82) is 0 Å². The van der Waals surface area contributed by atoms with Gasteiger partial charge in [-0.2, -0.15) is 0 Å². The van der Waals surface area contributed by atoms with Gasteiger partial charge >= 0.3 is 24.4 Å². The normalized spacial score (nSPS) is 17.8. The minimum absolute atomic E-state index is 0.0615. The first-order valence-corrected chi connectivity index (χ1v) is 28.6. The summed E-state index contributed by atoms with van der Waals surface area (Å²) in [6, 6.07) is 15.9. The lowest BCUT2D eigenvalue weighted by molar-refractivity contribution is 0.0772. The van der Waals surface area contributed by atoms with Crippen LogP contribution in [0.5, 0.6) is 23.0 Å². The summed E-state index contributed by atoms with van der Waals surface area (Å²) in [7, 11) is 0. The van der Waals surface area contributed by atoms with Gasteiger partial charge in [-0.3, -0.25) is 19.6 Å². The smallest absolute Gasteiger partial charge is 0.409 e. The van der Waals surface area contributed by atoms with Gasteiger partial charge in [-0.05, 0) is 94.5 Å². The third-order valence-corrected chi connectivity index (χ3v) is 16.1. The molecule has 5 aliphatic rings. The first-order valence-electron chi connectivity index (χ1n) is 28.6. The highest BCUT2D eigenvalue weighted by atomic mass is 16.6. The zero-order chi connectivity index (χ0) is 56.5. The molecule has 4 amide bonds. The van der Waals surface area contributed by atoms with Gasteiger partial charge in [0.05, 0.1) is 26.4 Å². The maximum atomic E-state index is 12.6. The van der Waals surface area contributed by atoms with Crippen molar-refractivity contribution in [1.82, 2.24) is 39.2 Å². The van der Waals surface area contributed by atoms with E-state index in [1.165, 1.54) is 0 Å². The van der Waals surface area contributed by atoms with Gasteiger partial charge in [0.1, 0.15) is 23.0 Å². The van der Waals surface area contributed by atoms with Crippen LogP contribution < -0.4 is 0 Å². The van der Waals surface area contributed by atoms with Crippen molar-refractivity contribution in [2.45, 2.75) is 79.6 Å². The molecule has 80 heavy (non-hydrogen) atoms. The molecule has 0 atom stereocenters. The largest absolute Gasteiger partial charge is 0.507 e. The van der Waals surface area contributed by atoms with Crippen LogP contribution in [0.2, 0.25) is 0 Å². The Labute approximate surface area is 469 Å². The molecule has 0 saturated carbocycles. The molecule has 20 nitrogen and oxygen atoms in total. The van der Waals surface area contributed by atoms with E-state index in [2.05, 4.69) is 19.6 Å². The lowest BCUT2D eigenvalue weighted by Crippen LogP contribution is -2.48. The third-order valence-electron chi connectivity index (χ3n) is 16.1. The Morgan fingerprint density at radius 2 is 0.475 bits per heavy atom. The Morgan fingerprint density at radius 3 is 0.625 bits per heavy atom. The van der Waals surface area contributed by atoms with Crippen molar-refractivity contribution in [2.75, 3.05) is 131 Å². The van der Waals surface area contributed by atoms with Gasteiger partial charge in [-0.1, -0.05) is 48.5 Å². The summed E-state index contributed by atoms with van der Waals surface area (Å²) in [5, 5.41) is 50.1. The van der Waals surface area contributed by atoms with Gasteiger partial charge in [0.2, 0.25) is 0 Å². The summed E-state index contributed by atoms with van der Waals surface area (Å²) in [6.07, 6.45) is -0.653. The summed E-state index contributed by atoms with van der Waals surface area (Å²) in [5.74, 6) is 0.246. The van der Waals surface area contributed by atoms with E-state index in [4.69, 9.17) is 18.9 Å². The zero-order valence-corrected chi connectivity index (χ0v) is 47.1. The highest BCUT2D eigenvalue weighted by Gasteiger charge is 2.29. The number of phenolic OH excluding ortho intramolecular Hbond substituents is 4. The van der Waals surface area contributed by atoms with Crippen molar-refractivity contribution < 1.29 is 58.6 Å². The molecule has 0 radical (unpaired) electrons. The molecule has 4 aromatic rings. The number of carbonyl (C=O) groups is 4. The second kappa shape index (κ2) is 26.5. The van der Waals surface area contributed by atoms with Gasteiger partial charge in [0, 0.05) is 157 Å². The van der Waals surface area contributed by atoms with Gasteiger partial charge in [0.15, 0.2) is 0 Å². The van der Waals surface area contributed by atoms with Crippen LogP contribution in [0.3, 0.4) is 0 Å². The number of rotatable bonds is 12. The molecule has 0 spiro atoms. The first-order chi connectivity index (χ1) is 38.7. The molecule has 4 heterocycles. The van der Waals surface area contributed by atoms with Crippen LogP contribution in [0.25, 0.3) is 0 Å². The van der Waals surface area contributed by atoms with E-state index in [0.717, 1.165) is 22.3 Å². The number of hydrogen-bond donors (Lipinski definition) is 4. The van der Waals surface area contributed by atoms with Gasteiger partial charge in [-0.25, -0.2) is 19.2 Å². The predicted molar refractivity (Wildman–Crippen MR) is 299 cm³/mol. The number of amides is 4. The summed E-state index contributed by atoms with van der Waals surface area (Å²) in [4.78, 5) is 66.5. The average molecular weight is 1110 g/mol. The highest BCUT2D eigenvalue weighted by Crippen LogP contribution is 2.40. The molecule has 0 aromatic heterocycles. The fraction of sp³-hybridized carbons (Fsp3) is 0.533. The summed E-state index contributed by atoms with van der Waals surface area (Å²) < 4.78 is 21.2. The summed E-state index contributed by atoms with van der Waals surface area (Å²) in [5.41, 5.74) is 8.51. The van der Waals surface area contributed by atoms with Gasteiger partial charge in [-0.15, -0.1) is 0 Å². The minimum Gasteiger partial charge on any atom is -0.507 e. The molecule has 4 saturated heterocycles. The van der Waals surface area contributed by atoms with Crippen LogP contribution in [0.15, 0.2) is 48.5 Å². The van der Waals surface area contributed by atoms with E-state index >= 15 is 0 Å². The summed E-state index contributed by atoms with van der Waals surface area (Å²) >= 11 is 0. The van der Waals surface area contributed by atoms with Crippen molar-refractivity contribution in [2.24, 2.45) is 0 Å². The molecule has 9 rings (SSSR count). The Hall–Kier alpha value is -7.00. The van der Waals surface area contributed by atoms with E-state index < -0.39 is 0 Å². The summed E-state index contributed by atoms with van der Waals surface area (Å²) in [6.45, 7) is 19.5. The second-order valence-electron chi connectivity index (χ2n) is 21.6. The standard InChI is InChI=1S/C60H80N8O12/c1-5-77-57(73)65-17-9-61(10-18-65)37-41-25-45-33-47-27-42(38-62-11-19-66(20-12-62)58(74)78-6-2)29-49(54(47)70)35-51-31-44(40-64-15-23-68(24-16-64)60(76)80-8-4)32-52(56(51)72)36-50-30-43(28-48(55(50)71)34-46(26-41)53(45)69)39-63-13-21-67(22-14-63)59(75)79-7-3/h25-32,69-72H,5-24,33-40H2,1-4H3. The van der Waals surface area contributed by atoms with Crippen LogP contribution in [0.1, 0.15) is 94.5 Å². The monoisotopic (exact) mass is 1100 g/mol. The fourth-order valence-electron chi connectivity index (χ4n) is 11.8. The Morgan fingerprint density at radius 1 is 0.312 bits per heavy atom. The van der Waals surface area contributed by atoms with Crippen LogP contribution in [-0.2, 0) is 70.8 Å². The second-order valence-corrected chi connectivity index (χ2v) is 21.6. The molecule has 0 unspecified atom stereocenters. The number of hydrogen-bond acceptors (Lipinski definition) is 16. The van der Waals surface area contributed by atoms with Crippen LogP contribution >= 0.6 is 0 Å². The molecule has 1 aliphatic carbocycles. The quantitative estimate of drug-likeness (QED) is 0.101. The van der Waals surface area contributed by atoms with E-state index in [1.54, 1.807) is 47.3 Å². The molecule has 4 aromatic carbocycles. The average Bonchev–Trinajstić information content (AvgIpc) is 3.44. The Bertz CT molecular complexity index is 2380. The zero-order valence-electron chi connectivity index (χ0n) is 47.1. The lowest BCUT2D eigenvalue weighted by atomic mass is 9.88. The number of carbonyl (C=O) groups excluding carboxylic acids is 4. The number of fused-ring (bicyclic) bond motifs is 8. The van der Waals surface area contributed by atoms with E-state index in [-0.39, 0.29) is 73.1 Å². The molecule has 432 valence electrons. The predicted octanol–water partition coefficient (Wildman–Crippen LogP) is 6.28. The first kappa shape index (κ1) is 57.7. The number of aromatic hydroxyl groups is 4. The number of ether oxygens (including phenoxy) is 4. The van der Waals surface area contributed by atoms with Crippen molar-refractivity contribution in [3.8, 4) is 23.0 Å². The topological polar surface area (TPSA) is 212 Å². The van der Waals surface area contributed by atoms with Gasteiger partial charge < -0.3 is 59.0 Å². The molecule has 4 aliphatic heterocycles. The maximum absolute atomic E-state index is 12.6. The molecule has 20 heteroatoms. The van der Waals surface area contributed by atoms with Crippen LogP contribution in [0.4, 0.5) is 19.2 Å². The molecular weight excluding hydrogens is 1020 g/mol. The number of benzene rings is 4. The van der Waals surface area contributed by atoms with E-state index in [1.807, 2.05) is 48.5 Å². The SMILES string of the molecule is CCOC(=O)N1CCN(Cc2cc3c(O)c(c2)Cc2cc(CN4CCN(C(=O)OCC)CC4)cc(c2O)Cc2cc(CN4CCN(C(=O)OCC)CC4)cc(c2O)Cc2cc(CN4CCN(C(=O)OCC)CC4)cc(c2O)C3)CC1. The highest BCUT2D eigenvalue weighted by molar-refractivity contribution is 5.69.